The largest absolute Gasteiger partial charge is 0.480 e. The van der Waals surface area contributed by atoms with Crippen molar-refractivity contribution in [1.29, 1.82) is 21.6 Å². The van der Waals surface area contributed by atoms with Crippen molar-refractivity contribution < 1.29 is 33.9 Å². The SMILES string of the molecule is CC(=O)N[C@@H](CCCNC(=N)N)C(=O)N[C@@H](CCCNC(=N)N)C(=O)N[C@@H](CCCNC(=N)N)C(=O)N[C@@H](CCCNC(=N)N)C(=O)N[C@H](CS)C(=O)O. The number of carbonyl (C=O) groups excluding carboxylic acids is 5. The zero-order chi connectivity index (χ0) is 41.2. The molecule has 0 aliphatic rings. The lowest BCUT2D eigenvalue weighted by atomic mass is 10.0. The van der Waals surface area contributed by atoms with Gasteiger partial charge in [-0.1, -0.05) is 0 Å². The molecule has 0 spiro atoms. The number of carboxylic acids is 1. The number of carbonyl (C=O) groups is 6. The van der Waals surface area contributed by atoms with Crippen LogP contribution < -0.4 is 70.8 Å². The third-order valence-corrected chi connectivity index (χ3v) is 7.70. The van der Waals surface area contributed by atoms with Gasteiger partial charge in [0.2, 0.25) is 29.5 Å². The number of nitrogens with two attached hydrogens (primary N) is 4. The highest BCUT2D eigenvalue weighted by Gasteiger charge is 2.32. The lowest BCUT2D eigenvalue weighted by molar-refractivity contribution is -0.141. The molecule has 0 bridgehead atoms. The van der Waals surface area contributed by atoms with Crippen LogP contribution in [0.25, 0.3) is 0 Å². The van der Waals surface area contributed by atoms with E-state index >= 15 is 0 Å². The maximum absolute atomic E-state index is 13.8. The van der Waals surface area contributed by atoms with Crippen LogP contribution in [0.4, 0.5) is 0 Å². The highest BCUT2D eigenvalue weighted by molar-refractivity contribution is 7.80. The monoisotopic (exact) mass is 787 g/mol. The van der Waals surface area contributed by atoms with Crippen LogP contribution in [0.15, 0.2) is 0 Å². The second kappa shape index (κ2) is 26.9. The van der Waals surface area contributed by atoms with Crippen molar-refractivity contribution in [2.45, 2.75) is 88.5 Å². The molecule has 0 fully saturated rings. The zero-order valence-electron chi connectivity index (χ0n) is 30.2. The molecule has 24 nitrogen and oxygen atoms in total. The Morgan fingerprint density at radius 2 is 0.741 bits per heavy atom. The second-order valence-corrected chi connectivity index (χ2v) is 12.3. The maximum atomic E-state index is 13.8. The molecular formula is C29H57N17O7S. The molecule has 0 aromatic rings. The number of nitrogens with one attached hydrogen (secondary N) is 13. The third kappa shape index (κ3) is 22.9. The predicted molar refractivity (Wildman–Crippen MR) is 203 cm³/mol. The van der Waals surface area contributed by atoms with Crippen LogP contribution in [-0.2, 0) is 28.8 Å². The molecule has 0 unspecified atom stereocenters. The molecule has 22 N–H and O–H groups in total. The van der Waals surface area contributed by atoms with E-state index in [0.717, 1.165) is 0 Å². The fourth-order valence-corrected chi connectivity index (χ4v) is 4.96. The molecule has 54 heavy (non-hydrogen) atoms. The highest BCUT2D eigenvalue weighted by atomic mass is 32.1. The Bertz CT molecular complexity index is 1320. The topological polar surface area (TPSA) is 430 Å². The summed E-state index contributed by atoms with van der Waals surface area (Å²) in [6.07, 6.45) is 0.960. The fraction of sp³-hybridized carbons (Fsp3) is 0.655. The Morgan fingerprint density at radius 1 is 0.500 bits per heavy atom. The molecule has 306 valence electrons. The molecule has 0 saturated carbocycles. The van der Waals surface area contributed by atoms with Crippen LogP contribution in [0.2, 0.25) is 0 Å². The van der Waals surface area contributed by atoms with Crippen LogP contribution in [0, 0.1) is 21.6 Å². The van der Waals surface area contributed by atoms with E-state index in [1.54, 1.807) is 0 Å². The fourth-order valence-electron chi connectivity index (χ4n) is 4.71. The zero-order valence-corrected chi connectivity index (χ0v) is 31.1. The van der Waals surface area contributed by atoms with E-state index in [1.165, 1.54) is 6.92 Å². The van der Waals surface area contributed by atoms with Crippen LogP contribution in [0.5, 0.6) is 0 Å². The number of carboxylic acid groups (broad SMARTS) is 1. The first-order valence-corrected chi connectivity index (χ1v) is 17.6. The van der Waals surface area contributed by atoms with Crippen molar-refractivity contribution in [1.82, 2.24) is 47.9 Å². The minimum Gasteiger partial charge on any atom is -0.480 e. The molecule has 0 aromatic carbocycles. The van der Waals surface area contributed by atoms with Gasteiger partial charge >= 0.3 is 5.97 Å². The van der Waals surface area contributed by atoms with E-state index in [-0.39, 0.29) is 101 Å². The molecule has 0 radical (unpaired) electrons. The summed E-state index contributed by atoms with van der Waals surface area (Å²) in [4.78, 5) is 77.6. The van der Waals surface area contributed by atoms with Gasteiger partial charge in [-0.05, 0) is 51.4 Å². The summed E-state index contributed by atoms with van der Waals surface area (Å²) in [5.74, 6) is -6.57. The molecule has 0 saturated heterocycles. The molecule has 0 aliphatic carbocycles. The van der Waals surface area contributed by atoms with Crippen molar-refractivity contribution in [3.8, 4) is 0 Å². The van der Waals surface area contributed by atoms with Crippen LogP contribution in [-0.4, -0.2) is 127 Å². The second-order valence-electron chi connectivity index (χ2n) is 11.9. The van der Waals surface area contributed by atoms with Gasteiger partial charge in [-0.25, -0.2) is 4.79 Å². The quantitative estimate of drug-likeness (QED) is 0.0160. The van der Waals surface area contributed by atoms with Crippen molar-refractivity contribution in [2.24, 2.45) is 22.9 Å². The average molecular weight is 788 g/mol. The molecule has 0 aromatic heterocycles. The van der Waals surface area contributed by atoms with Gasteiger partial charge in [0.05, 0.1) is 0 Å². The van der Waals surface area contributed by atoms with Crippen LogP contribution >= 0.6 is 12.6 Å². The Balaban J connectivity index is 6.35. The molecule has 25 heteroatoms. The number of hydrogen-bond donors (Lipinski definition) is 19. The highest BCUT2D eigenvalue weighted by Crippen LogP contribution is 2.07. The molecule has 0 rings (SSSR count). The Labute approximate surface area is 318 Å². The van der Waals surface area contributed by atoms with Gasteiger partial charge < -0.3 is 75.9 Å². The van der Waals surface area contributed by atoms with Crippen molar-refractivity contribution in [3.63, 3.8) is 0 Å². The van der Waals surface area contributed by atoms with Gasteiger partial charge in [-0.15, -0.1) is 0 Å². The molecule has 0 aliphatic heterocycles. The van der Waals surface area contributed by atoms with Gasteiger partial charge in [-0.3, -0.25) is 45.6 Å². The van der Waals surface area contributed by atoms with Gasteiger partial charge in [0.15, 0.2) is 23.8 Å². The summed E-state index contributed by atoms with van der Waals surface area (Å²) >= 11 is 3.95. The summed E-state index contributed by atoms with van der Waals surface area (Å²) in [5, 5.41) is 61.8. The summed E-state index contributed by atoms with van der Waals surface area (Å²) in [6, 6.07) is -6.35. The van der Waals surface area contributed by atoms with Crippen molar-refractivity contribution in [3.05, 3.63) is 0 Å². The summed E-state index contributed by atoms with van der Waals surface area (Å²) in [6.45, 7) is 1.87. The van der Waals surface area contributed by atoms with E-state index in [9.17, 15) is 33.9 Å². The molecule has 0 heterocycles. The number of rotatable bonds is 27. The van der Waals surface area contributed by atoms with Gasteiger partial charge in [-0.2, -0.15) is 12.6 Å². The lowest BCUT2D eigenvalue weighted by Crippen LogP contribution is -2.59. The number of thiol groups is 1. The van der Waals surface area contributed by atoms with Crippen LogP contribution in [0.3, 0.4) is 0 Å². The van der Waals surface area contributed by atoms with Gasteiger partial charge in [0.25, 0.3) is 0 Å². The normalized spacial score (nSPS) is 13.2. The number of amides is 5. The van der Waals surface area contributed by atoms with E-state index in [0.29, 0.717) is 6.42 Å². The van der Waals surface area contributed by atoms with E-state index in [1.807, 2.05) is 0 Å². The number of aliphatic carboxylic acids is 1. The maximum Gasteiger partial charge on any atom is 0.327 e. The molecule has 5 atom stereocenters. The minimum atomic E-state index is -1.38. The first kappa shape index (κ1) is 48.2. The number of guanidine groups is 4. The van der Waals surface area contributed by atoms with E-state index in [2.05, 4.69) is 60.5 Å². The van der Waals surface area contributed by atoms with Gasteiger partial charge in [0.1, 0.15) is 30.2 Å². The molecule has 5 amide bonds. The Morgan fingerprint density at radius 3 is 0.944 bits per heavy atom. The first-order valence-electron chi connectivity index (χ1n) is 17.0. The van der Waals surface area contributed by atoms with Crippen molar-refractivity contribution in [2.75, 3.05) is 31.9 Å². The minimum absolute atomic E-state index is 0.00868. The summed E-state index contributed by atoms with van der Waals surface area (Å²) < 4.78 is 0. The average Bonchev–Trinajstić information content (AvgIpc) is 3.07. The Kier molecular flexibility index (Phi) is 24.1. The van der Waals surface area contributed by atoms with Gasteiger partial charge in [0, 0.05) is 38.9 Å². The third-order valence-electron chi connectivity index (χ3n) is 7.33. The summed E-state index contributed by atoms with van der Waals surface area (Å²) in [7, 11) is 0. The lowest BCUT2D eigenvalue weighted by Gasteiger charge is -2.27. The Hall–Kier alpha value is -5.75. The standard InChI is InChI=1S/C29H57N17O7S/c1-15(47)42-16(6-2-10-38-26(30)31)21(48)43-17(7-3-11-39-27(32)33)22(49)44-18(8-4-12-40-28(34)35)23(50)45-19(9-5-13-41-29(36)37)24(51)46-20(14-54)25(52)53/h16-20,54H,2-14H2,1H3,(H,42,47)(H,43,48)(H,44,49)(H,45,50)(H,46,51)(H,52,53)(H4,30,31,38)(H4,32,33,39)(H4,34,35,40)(H4,36,37,41)/t16-,17-,18-,19-,20+/m0/s1. The van der Waals surface area contributed by atoms with E-state index < -0.39 is 65.7 Å². The van der Waals surface area contributed by atoms with E-state index in [4.69, 9.17) is 44.6 Å². The smallest absolute Gasteiger partial charge is 0.327 e. The molecular weight excluding hydrogens is 730 g/mol. The summed E-state index contributed by atoms with van der Waals surface area (Å²) in [5.41, 5.74) is 21.3. The van der Waals surface area contributed by atoms with Crippen molar-refractivity contribution >= 4 is 72.0 Å². The van der Waals surface area contributed by atoms with Crippen LogP contribution in [0.1, 0.15) is 58.3 Å². The number of hydrogen-bond acceptors (Lipinski definition) is 11. The first-order chi connectivity index (χ1) is 25.4. The predicted octanol–water partition coefficient (Wildman–Crippen LogP) is -5.50.